The second-order valence-electron chi connectivity index (χ2n) is 5.95. The Kier molecular flexibility index (Phi) is 3.45. The average Bonchev–Trinajstić information content (AvgIpc) is 2.90. The van der Waals surface area contributed by atoms with E-state index in [1.54, 1.807) is 30.5 Å². The van der Waals surface area contributed by atoms with Gasteiger partial charge in [-0.3, -0.25) is 4.98 Å². The van der Waals surface area contributed by atoms with Gasteiger partial charge in [0.2, 0.25) is 0 Å². The normalized spacial score (nSPS) is 21.3. The Morgan fingerprint density at radius 2 is 2.12 bits per heavy atom. The third kappa shape index (κ3) is 2.41. The SMILES string of the molecule is O=NC1=CC=CC(Nc2ccnc3ccc4c(c23)CCS4(=O)=O)C1. The van der Waals surface area contributed by atoms with Crippen molar-refractivity contribution in [1.29, 1.82) is 0 Å². The Hall–Kier alpha value is -2.54. The van der Waals surface area contributed by atoms with Crippen molar-refractivity contribution in [3.63, 3.8) is 0 Å². The number of aromatic nitrogens is 1. The fraction of sp³-hybridized carbons (Fsp3) is 0.235. The molecule has 2 aromatic rings. The number of nitrogens with one attached hydrogen (secondary N) is 1. The number of rotatable bonds is 3. The first-order valence-corrected chi connectivity index (χ1v) is 9.34. The highest BCUT2D eigenvalue weighted by Gasteiger charge is 2.29. The van der Waals surface area contributed by atoms with Crippen molar-refractivity contribution in [3.05, 3.63) is 58.8 Å². The van der Waals surface area contributed by atoms with Gasteiger partial charge in [0.25, 0.3) is 0 Å². The predicted molar refractivity (Wildman–Crippen MR) is 92.5 cm³/mol. The minimum atomic E-state index is -3.19. The lowest BCUT2D eigenvalue weighted by molar-refractivity contribution is 0.600. The molecule has 0 saturated carbocycles. The van der Waals surface area contributed by atoms with Crippen LogP contribution in [0.4, 0.5) is 5.69 Å². The number of benzene rings is 1. The van der Waals surface area contributed by atoms with Crippen LogP contribution in [-0.4, -0.2) is 25.2 Å². The quantitative estimate of drug-likeness (QED) is 0.867. The van der Waals surface area contributed by atoms with Crippen LogP contribution < -0.4 is 5.32 Å². The van der Waals surface area contributed by atoms with E-state index in [1.165, 1.54) is 0 Å². The highest BCUT2D eigenvalue weighted by Crippen LogP contribution is 2.36. The van der Waals surface area contributed by atoms with Crippen LogP contribution in [0.1, 0.15) is 12.0 Å². The van der Waals surface area contributed by atoms with Gasteiger partial charge in [0, 0.05) is 23.7 Å². The number of allylic oxidation sites excluding steroid dienone is 2. The third-order valence-corrected chi connectivity index (χ3v) is 6.24. The molecule has 0 amide bonds. The Labute approximate surface area is 139 Å². The van der Waals surface area contributed by atoms with Crippen molar-refractivity contribution < 1.29 is 8.42 Å². The third-order valence-electron chi connectivity index (χ3n) is 4.45. The number of fused-ring (bicyclic) bond motifs is 3. The molecule has 1 aromatic carbocycles. The maximum Gasteiger partial charge on any atom is 0.179 e. The molecule has 7 heteroatoms. The number of sulfone groups is 1. The van der Waals surface area contributed by atoms with Gasteiger partial charge in [-0.15, -0.1) is 4.91 Å². The summed E-state index contributed by atoms with van der Waals surface area (Å²) in [7, 11) is -3.19. The first kappa shape index (κ1) is 15.0. The van der Waals surface area contributed by atoms with Crippen molar-refractivity contribution in [2.24, 2.45) is 5.18 Å². The lowest BCUT2D eigenvalue weighted by atomic mass is 10.0. The molecule has 2 heterocycles. The van der Waals surface area contributed by atoms with Crippen molar-refractivity contribution in [3.8, 4) is 0 Å². The van der Waals surface area contributed by atoms with E-state index in [0.717, 1.165) is 22.2 Å². The second-order valence-corrected chi connectivity index (χ2v) is 8.03. The van der Waals surface area contributed by atoms with Gasteiger partial charge in [-0.25, -0.2) is 8.42 Å². The Bertz CT molecular complexity index is 1010. The summed E-state index contributed by atoms with van der Waals surface area (Å²) in [5.74, 6) is 0.140. The molecule has 4 rings (SSSR count). The lowest BCUT2D eigenvalue weighted by Crippen LogP contribution is -2.19. The standard InChI is InChI=1S/C17H15N3O3S/c21-20-12-3-1-2-11(10-12)19-15-6-8-18-14-4-5-16-13(17(14)15)7-9-24(16,22)23/h1-6,8,11H,7,9-10H2,(H,18,19). The van der Waals surface area contributed by atoms with Gasteiger partial charge < -0.3 is 5.32 Å². The van der Waals surface area contributed by atoms with Crippen LogP contribution in [0.3, 0.4) is 0 Å². The molecule has 0 bridgehead atoms. The number of nitrogens with zero attached hydrogens (tertiary/aromatic N) is 2. The van der Waals surface area contributed by atoms with E-state index in [4.69, 9.17) is 0 Å². The van der Waals surface area contributed by atoms with Crippen molar-refractivity contribution in [1.82, 2.24) is 4.98 Å². The zero-order chi connectivity index (χ0) is 16.7. The lowest BCUT2D eigenvalue weighted by Gasteiger charge is -2.20. The number of hydrogen-bond acceptors (Lipinski definition) is 6. The Morgan fingerprint density at radius 3 is 2.96 bits per heavy atom. The summed E-state index contributed by atoms with van der Waals surface area (Å²) in [6.45, 7) is 0. The zero-order valence-corrected chi connectivity index (χ0v) is 13.6. The molecule has 0 saturated heterocycles. The monoisotopic (exact) mass is 341 g/mol. The van der Waals surface area contributed by atoms with E-state index in [2.05, 4.69) is 15.5 Å². The largest absolute Gasteiger partial charge is 0.378 e. The van der Waals surface area contributed by atoms with E-state index in [0.29, 0.717) is 23.4 Å². The van der Waals surface area contributed by atoms with Gasteiger partial charge in [-0.2, -0.15) is 0 Å². The number of nitroso groups, excluding NO2 is 1. The minimum Gasteiger partial charge on any atom is -0.378 e. The zero-order valence-electron chi connectivity index (χ0n) is 12.8. The number of pyridine rings is 1. The average molecular weight is 341 g/mol. The molecule has 1 atom stereocenters. The summed E-state index contributed by atoms with van der Waals surface area (Å²) in [5, 5.41) is 7.24. The number of aryl methyl sites for hydroxylation is 1. The number of anilines is 1. The summed E-state index contributed by atoms with van der Waals surface area (Å²) in [5.41, 5.74) is 2.91. The molecule has 0 fully saturated rings. The molecule has 0 spiro atoms. The smallest absolute Gasteiger partial charge is 0.179 e. The van der Waals surface area contributed by atoms with E-state index in [9.17, 15) is 13.3 Å². The molecule has 1 aliphatic heterocycles. The molecule has 1 aromatic heterocycles. The van der Waals surface area contributed by atoms with Crippen molar-refractivity contribution >= 4 is 26.4 Å². The predicted octanol–water partition coefficient (Wildman–Crippen LogP) is 2.96. The minimum absolute atomic E-state index is 0.0674. The van der Waals surface area contributed by atoms with Crippen LogP contribution in [0.25, 0.3) is 10.9 Å². The van der Waals surface area contributed by atoms with Crippen LogP contribution in [0, 0.1) is 4.91 Å². The van der Waals surface area contributed by atoms with Crippen LogP contribution in [0.5, 0.6) is 0 Å². The summed E-state index contributed by atoms with van der Waals surface area (Å²) >= 11 is 0. The maximum atomic E-state index is 12.2. The number of hydrogen-bond donors (Lipinski definition) is 1. The van der Waals surface area contributed by atoms with Gasteiger partial charge in [0.05, 0.1) is 27.9 Å². The molecule has 6 nitrogen and oxygen atoms in total. The first-order chi connectivity index (χ1) is 11.6. The van der Waals surface area contributed by atoms with Crippen LogP contribution in [0.2, 0.25) is 0 Å². The molecule has 122 valence electrons. The highest BCUT2D eigenvalue weighted by atomic mass is 32.2. The topological polar surface area (TPSA) is 88.5 Å². The molecule has 1 aliphatic carbocycles. The van der Waals surface area contributed by atoms with E-state index in [-0.39, 0.29) is 11.8 Å². The van der Waals surface area contributed by atoms with Crippen molar-refractivity contribution in [2.75, 3.05) is 11.1 Å². The molecule has 1 N–H and O–H groups in total. The fourth-order valence-electron chi connectivity index (χ4n) is 3.33. The second kappa shape index (κ2) is 5.52. The Balaban J connectivity index is 1.80. The van der Waals surface area contributed by atoms with Crippen LogP contribution in [0.15, 0.2) is 58.4 Å². The molecule has 2 aliphatic rings. The van der Waals surface area contributed by atoms with Gasteiger partial charge >= 0.3 is 0 Å². The summed E-state index contributed by atoms with van der Waals surface area (Å²) in [6.07, 6.45) is 8.15. The van der Waals surface area contributed by atoms with Crippen LogP contribution >= 0.6 is 0 Å². The highest BCUT2D eigenvalue weighted by molar-refractivity contribution is 7.91. The molecule has 24 heavy (non-hydrogen) atoms. The maximum absolute atomic E-state index is 12.2. The van der Waals surface area contributed by atoms with Gasteiger partial charge in [0.15, 0.2) is 9.84 Å². The molecular weight excluding hydrogens is 326 g/mol. The summed E-state index contributed by atoms with van der Waals surface area (Å²) in [4.78, 5) is 15.5. The molecular formula is C17H15N3O3S. The van der Waals surface area contributed by atoms with Gasteiger partial charge in [-0.1, -0.05) is 12.2 Å². The summed E-state index contributed by atoms with van der Waals surface area (Å²) < 4.78 is 24.3. The fourth-order valence-corrected chi connectivity index (χ4v) is 4.88. The first-order valence-electron chi connectivity index (χ1n) is 7.69. The van der Waals surface area contributed by atoms with E-state index >= 15 is 0 Å². The molecule has 0 radical (unpaired) electrons. The van der Waals surface area contributed by atoms with E-state index < -0.39 is 9.84 Å². The van der Waals surface area contributed by atoms with Gasteiger partial charge in [0.1, 0.15) is 0 Å². The Morgan fingerprint density at radius 1 is 1.25 bits per heavy atom. The van der Waals surface area contributed by atoms with E-state index in [1.807, 2.05) is 12.1 Å². The van der Waals surface area contributed by atoms with Gasteiger partial charge in [-0.05, 0) is 41.4 Å². The van der Waals surface area contributed by atoms with Crippen molar-refractivity contribution in [2.45, 2.75) is 23.8 Å². The summed E-state index contributed by atoms with van der Waals surface area (Å²) in [6, 6.07) is 5.17. The van der Waals surface area contributed by atoms with Crippen LogP contribution in [-0.2, 0) is 16.3 Å². The molecule has 1 unspecified atom stereocenters.